The molecule has 254 valence electrons. The molecule has 43 heavy (non-hydrogen) atoms. The molecule has 0 aliphatic carbocycles. The zero-order chi connectivity index (χ0) is 33.3. The van der Waals surface area contributed by atoms with Crippen molar-refractivity contribution in [3.63, 3.8) is 0 Å². The second-order valence-electron chi connectivity index (χ2n) is 12.0. The highest BCUT2D eigenvalue weighted by atomic mass is 32.2. The number of aliphatic carboxylic acids is 1. The fourth-order valence-electron chi connectivity index (χ4n) is 3.17. The Kier molecular flexibility index (Phi) is 25.7. The zero-order valence-electron chi connectivity index (χ0n) is 28.6. The van der Waals surface area contributed by atoms with E-state index in [2.05, 4.69) is 13.2 Å². The van der Waals surface area contributed by atoms with Gasteiger partial charge in [0.25, 0.3) is 0 Å². The van der Waals surface area contributed by atoms with Crippen molar-refractivity contribution in [2.45, 2.75) is 120 Å². The number of carbonyl (C=O) groups is 4. The summed E-state index contributed by atoms with van der Waals surface area (Å²) in [5.41, 5.74) is -0.333. The summed E-state index contributed by atoms with van der Waals surface area (Å²) in [5, 5.41) is 8.18. The predicted molar refractivity (Wildman–Crippen MR) is 173 cm³/mol. The van der Waals surface area contributed by atoms with Crippen molar-refractivity contribution in [2.24, 2.45) is 22.7 Å². The van der Waals surface area contributed by atoms with Crippen molar-refractivity contribution >= 4 is 35.6 Å². The van der Waals surface area contributed by atoms with Gasteiger partial charge in [0, 0.05) is 6.42 Å². The molecule has 0 radical (unpaired) electrons. The largest absolute Gasteiger partial charge is 0.481 e. The maximum atomic E-state index is 11.7. The van der Waals surface area contributed by atoms with Gasteiger partial charge in [0.15, 0.2) is 0 Å². The molecular formula is C33H62O9S. The first-order valence-corrected chi connectivity index (χ1v) is 17.4. The van der Waals surface area contributed by atoms with Gasteiger partial charge < -0.3 is 24.1 Å². The first kappa shape index (κ1) is 43.3. The van der Waals surface area contributed by atoms with Crippen molar-refractivity contribution in [3.05, 3.63) is 0 Å². The van der Waals surface area contributed by atoms with E-state index in [1.54, 1.807) is 6.92 Å². The molecule has 0 saturated carbocycles. The Morgan fingerprint density at radius 3 is 1.88 bits per heavy atom. The standard InChI is InChI=1S/C17H32O4S.C11H20O3.C5H10O2/c1-5-17(2,3)16(19)21-13-10-11-15(18)20-12-8-6-7-9-14-22-4;1-4-9(3)10(12)14-8-11(5-2)6-13-7-11;1-3-4(2)5(6)7/h5-14H2,1-4H3;9H,4-8H2,1-3H3;4H,3H2,1-2H3,(H,6,7). The van der Waals surface area contributed by atoms with E-state index in [0.29, 0.717) is 26.1 Å². The highest BCUT2D eigenvalue weighted by Gasteiger charge is 2.38. The highest BCUT2D eigenvalue weighted by Crippen LogP contribution is 2.31. The van der Waals surface area contributed by atoms with Gasteiger partial charge in [-0.25, -0.2) is 0 Å². The summed E-state index contributed by atoms with van der Waals surface area (Å²) in [6.07, 6.45) is 10.7. The summed E-state index contributed by atoms with van der Waals surface area (Å²) < 4.78 is 20.8. The predicted octanol–water partition coefficient (Wildman–Crippen LogP) is 7.33. The smallest absolute Gasteiger partial charge is 0.311 e. The number of thioether (sulfide) groups is 1. The molecular weight excluding hydrogens is 572 g/mol. The Bertz CT molecular complexity index is 760. The summed E-state index contributed by atoms with van der Waals surface area (Å²) in [7, 11) is 0. The van der Waals surface area contributed by atoms with Crippen LogP contribution in [0, 0.1) is 22.7 Å². The van der Waals surface area contributed by atoms with E-state index in [4.69, 9.17) is 24.1 Å². The Hall–Kier alpha value is -1.81. The number of hydrogen-bond donors (Lipinski definition) is 1. The molecule has 2 unspecified atom stereocenters. The van der Waals surface area contributed by atoms with Crippen molar-refractivity contribution < 1.29 is 43.2 Å². The summed E-state index contributed by atoms with van der Waals surface area (Å²) >= 11 is 1.87. The number of ether oxygens (including phenoxy) is 4. The molecule has 1 heterocycles. The second kappa shape index (κ2) is 25.5. The molecule has 10 heteroatoms. The Morgan fingerprint density at radius 1 is 0.860 bits per heavy atom. The molecule has 1 aliphatic heterocycles. The van der Waals surface area contributed by atoms with Crippen LogP contribution >= 0.6 is 11.8 Å². The zero-order valence-corrected chi connectivity index (χ0v) is 29.4. The van der Waals surface area contributed by atoms with Crippen LogP contribution < -0.4 is 0 Å². The number of esters is 3. The van der Waals surface area contributed by atoms with Gasteiger partial charge in [-0.15, -0.1) is 0 Å². The van der Waals surface area contributed by atoms with E-state index < -0.39 is 11.4 Å². The lowest BCUT2D eigenvalue weighted by atomic mass is 9.84. The van der Waals surface area contributed by atoms with Crippen LogP contribution in [0.25, 0.3) is 0 Å². The fourth-order valence-corrected chi connectivity index (χ4v) is 3.66. The molecule has 0 amide bonds. The van der Waals surface area contributed by atoms with Gasteiger partial charge in [-0.2, -0.15) is 11.8 Å². The van der Waals surface area contributed by atoms with E-state index in [9.17, 15) is 19.2 Å². The first-order valence-electron chi connectivity index (χ1n) is 16.0. The molecule has 0 aromatic rings. The monoisotopic (exact) mass is 634 g/mol. The van der Waals surface area contributed by atoms with Crippen molar-refractivity contribution in [1.82, 2.24) is 0 Å². The van der Waals surface area contributed by atoms with Gasteiger partial charge in [0.1, 0.15) is 6.61 Å². The first-order chi connectivity index (χ1) is 20.2. The number of carbonyl (C=O) groups excluding carboxylic acids is 3. The number of rotatable bonds is 20. The molecule has 1 rings (SSSR count). The second-order valence-corrected chi connectivity index (χ2v) is 13.0. The van der Waals surface area contributed by atoms with Gasteiger partial charge in [-0.05, 0) is 70.8 Å². The van der Waals surface area contributed by atoms with E-state index >= 15 is 0 Å². The average molecular weight is 635 g/mol. The Morgan fingerprint density at radius 2 is 1.44 bits per heavy atom. The normalized spacial score (nSPS) is 14.8. The topological polar surface area (TPSA) is 125 Å². The Balaban J connectivity index is 0. The molecule has 2 atom stereocenters. The van der Waals surface area contributed by atoms with Crippen LogP contribution in [0.15, 0.2) is 0 Å². The maximum Gasteiger partial charge on any atom is 0.311 e. The third-order valence-electron chi connectivity index (χ3n) is 7.84. The number of unbranched alkanes of at least 4 members (excludes halogenated alkanes) is 3. The lowest BCUT2D eigenvalue weighted by molar-refractivity contribution is -0.173. The molecule has 0 spiro atoms. The van der Waals surface area contributed by atoms with E-state index in [-0.39, 0.29) is 41.8 Å². The van der Waals surface area contributed by atoms with Crippen molar-refractivity contribution in [2.75, 3.05) is 45.0 Å². The summed E-state index contributed by atoms with van der Waals surface area (Å²) in [4.78, 5) is 44.6. The summed E-state index contributed by atoms with van der Waals surface area (Å²) in [6.45, 7) is 18.0. The van der Waals surface area contributed by atoms with Gasteiger partial charge >= 0.3 is 23.9 Å². The molecule has 9 nitrogen and oxygen atoms in total. The van der Waals surface area contributed by atoms with Crippen LogP contribution in [0.3, 0.4) is 0 Å². The average Bonchev–Trinajstić information content (AvgIpc) is 2.97. The van der Waals surface area contributed by atoms with Gasteiger partial charge in [0.2, 0.25) is 0 Å². The van der Waals surface area contributed by atoms with Crippen molar-refractivity contribution in [1.29, 1.82) is 0 Å². The summed E-state index contributed by atoms with van der Waals surface area (Å²) in [5.74, 6) is -0.143. The third-order valence-corrected chi connectivity index (χ3v) is 8.53. The minimum atomic E-state index is -0.706. The quantitative estimate of drug-likeness (QED) is 0.0826. The lowest BCUT2D eigenvalue weighted by Gasteiger charge is -2.40. The SMILES string of the molecule is CCC(C)(C)C(=O)OCCCC(=O)OCCCCCCSC.CCC(C)C(=O)O.CCC(C)C(=O)OCC1(CC)COC1. The minimum Gasteiger partial charge on any atom is -0.481 e. The van der Waals surface area contributed by atoms with Gasteiger partial charge in [0.05, 0.1) is 49.1 Å². The molecule has 0 bridgehead atoms. The van der Waals surface area contributed by atoms with Crippen LogP contribution in [-0.2, 0) is 38.1 Å². The molecule has 1 aliphatic rings. The van der Waals surface area contributed by atoms with Gasteiger partial charge in [-0.1, -0.05) is 54.4 Å². The molecule has 1 N–H and O–H groups in total. The van der Waals surface area contributed by atoms with Crippen LogP contribution in [0.5, 0.6) is 0 Å². The van der Waals surface area contributed by atoms with Crippen LogP contribution in [-0.4, -0.2) is 74.0 Å². The van der Waals surface area contributed by atoms with E-state index in [0.717, 1.165) is 51.7 Å². The van der Waals surface area contributed by atoms with Crippen LogP contribution in [0.1, 0.15) is 120 Å². The van der Waals surface area contributed by atoms with Gasteiger partial charge in [-0.3, -0.25) is 19.2 Å². The Labute approximate surface area is 265 Å². The number of carboxylic acids is 1. The summed E-state index contributed by atoms with van der Waals surface area (Å²) in [6, 6.07) is 0. The molecule has 0 aromatic heterocycles. The van der Waals surface area contributed by atoms with Crippen molar-refractivity contribution in [3.8, 4) is 0 Å². The number of hydrogen-bond acceptors (Lipinski definition) is 9. The minimum absolute atomic E-state index is 0.0184. The highest BCUT2D eigenvalue weighted by molar-refractivity contribution is 7.98. The van der Waals surface area contributed by atoms with E-state index in [1.807, 2.05) is 53.3 Å². The molecule has 1 saturated heterocycles. The van der Waals surface area contributed by atoms with Crippen LogP contribution in [0.2, 0.25) is 0 Å². The molecule has 0 aromatic carbocycles. The third kappa shape index (κ3) is 21.5. The lowest BCUT2D eigenvalue weighted by Crippen LogP contribution is -2.46. The molecule has 1 fully saturated rings. The van der Waals surface area contributed by atoms with E-state index in [1.165, 1.54) is 18.6 Å². The maximum absolute atomic E-state index is 11.7. The number of carboxylic acid groups (broad SMARTS) is 1. The fraction of sp³-hybridized carbons (Fsp3) is 0.879. The van der Waals surface area contributed by atoms with Crippen LogP contribution in [0.4, 0.5) is 0 Å².